The average Bonchev–Trinajstić information content (AvgIpc) is 3.19. The second-order valence-electron chi connectivity index (χ2n) is 7.33. The number of rotatable bonds is 10. The quantitative estimate of drug-likeness (QED) is 0.620. The number of carbonyl (C=O) groups is 2. The van der Waals surface area contributed by atoms with E-state index in [2.05, 4.69) is 43.5 Å². The van der Waals surface area contributed by atoms with Crippen LogP contribution < -0.4 is 10.6 Å². The Hall–Kier alpha value is -2.21. The van der Waals surface area contributed by atoms with E-state index >= 15 is 0 Å². The molecule has 28 heavy (non-hydrogen) atoms. The van der Waals surface area contributed by atoms with Crippen molar-refractivity contribution in [3.63, 3.8) is 0 Å². The summed E-state index contributed by atoms with van der Waals surface area (Å²) < 4.78 is 5.15. The molecule has 0 aliphatic carbocycles. The van der Waals surface area contributed by atoms with Gasteiger partial charge in [0.25, 0.3) is 5.91 Å². The monoisotopic (exact) mass is 402 g/mol. The van der Waals surface area contributed by atoms with Gasteiger partial charge in [-0.15, -0.1) is 0 Å². The molecule has 1 heterocycles. The lowest BCUT2D eigenvalue weighted by molar-refractivity contribution is -0.123. The number of carbonyl (C=O) groups excluding carboxylic acids is 2. The van der Waals surface area contributed by atoms with E-state index in [1.165, 1.54) is 6.26 Å². The Bertz CT molecular complexity index is 759. The second kappa shape index (κ2) is 11.0. The molecule has 1 aromatic heterocycles. The molecule has 1 aromatic carbocycles. The smallest absolute Gasteiger partial charge is 0.287 e. The molecule has 2 rings (SSSR count). The number of hydrogen-bond acceptors (Lipinski definition) is 4. The van der Waals surface area contributed by atoms with Gasteiger partial charge in [-0.2, -0.15) is 11.8 Å². The normalized spacial score (nSPS) is 13.2. The highest BCUT2D eigenvalue weighted by Gasteiger charge is 2.26. The van der Waals surface area contributed by atoms with Crippen molar-refractivity contribution < 1.29 is 14.0 Å². The average molecular weight is 403 g/mol. The minimum Gasteiger partial charge on any atom is -0.459 e. The van der Waals surface area contributed by atoms with Crippen LogP contribution in [0.25, 0.3) is 0 Å². The van der Waals surface area contributed by atoms with Crippen LogP contribution in [0, 0.1) is 12.8 Å². The maximum Gasteiger partial charge on any atom is 0.287 e. The number of thioether (sulfide) groups is 1. The summed E-state index contributed by atoms with van der Waals surface area (Å²) in [5.41, 5.74) is 2.26. The van der Waals surface area contributed by atoms with Gasteiger partial charge in [-0.05, 0) is 61.0 Å². The van der Waals surface area contributed by atoms with E-state index in [4.69, 9.17) is 4.42 Å². The Labute approximate surface area is 171 Å². The molecular formula is C22H30N2O3S. The zero-order valence-electron chi connectivity index (χ0n) is 17.0. The zero-order valence-corrected chi connectivity index (χ0v) is 17.8. The predicted molar refractivity (Wildman–Crippen MR) is 114 cm³/mol. The van der Waals surface area contributed by atoms with Gasteiger partial charge in [0.15, 0.2) is 5.76 Å². The van der Waals surface area contributed by atoms with Crippen molar-refractivity contribution in [3.8, 4) is 0 Å². The van der Waals surface area contributed by atoms with Crippen molar-refractivity contribution >= 4 is 23.6 Å². The molecule has 2 aromatic rings. The third kappa shape index (κ3) is 6.44. The number of nitrogens with one attached hydrogen (secondary N) is 2. The molecule has 0 saturated carbocycles. The molecule has 2 unspecified atom stereocenters. The Morgan fingerprint density at radius 2 is 1.86 bits per heavy atom. The minimum atomic E-state index is -0.608. The van der Waals surface area contributed by atoms with Crippen molar-refractivity contribution in [2.75, 3.05) is 12.0 Å². The molecule has 152 valence electrons. The fourth-order valence-electron chi connectivity index (χ4n) is 3.13. The van der Waals surface area contributed by atoms with Crippen molar-refractivity contribution in [2.45, 2.75) is 45.7 Å². The second-order valence-corrected chi connectivity index (χ2v) is 8.32. The molecule has 0 saturated heterocycles. The number of hydrogen-bond donors (Lipinski definition) is 2. The molecule has 0 fully saturated rings. The van der Waals surface area contributed by atoms with E-state index in [1.54, 1.807) is 23.9 Å². The van der Waals surface area contributed by atoms with Gasteiger partial charge in [0.05, 0.1) is 12.3 Å². The summed E-state index contributed by atoms with van der Waals surface area (Å²) in [7, 11) is 0. The van der Waals surface area contributed by atoms with Crippen LogP contribution in [0.5, 0.6) is 0 Å². The van der Waals surface area contributed by atoms with Crippen molar-refractivity contribution in [1.29, 1.82) is 0 Å². The summed E-state index contributed by atoms with van der Waals surface area (Å²) >= 11 is 1.65. The zero-order chi connectivity index (χ0) is 20.5. The summed E-state index contributed by atoms with van der Waals surface area (Å²) in [6.45, 7) is 6.33. The van der Waals surface area contributed by atoms with Gasteiger partial charge in [-0.1, -0.05) is 38.1 Å². The van der Waals surface area contributed by atoms with E-state index in [0.717, 1.165) is 23.3 Å². The number of furan rings is 1. The fourth-order valence-corrected chi connectivity index (χ4v) is 3.60. The first kappa shape index (κ1) is 22.1. The maximum absolute atomic E-state index is 13.1. The highest BCUT2D eigenvalue weighted by Crippen LogP contribution is 2.24. The number of benzene rings is 1. The van der Waals surface area contributed by atoms with Crippen LogP contribution in [-0.4, -0.2) is 29.9 Å². The molecule has 0 spiro atoms. The Kier molecular flexibility index (Phi) is 8.64. The van der Waals surface area contributed by atoms with E-state index in [-0.39, 0.29) is 23.6 Å². The number of amides is 2. The summed E-state index contributed by atoms with van der Waals surface area (Å²) in [5.74, 6) is 0.868. The highest BCUT2D eigenvalue weighted by molar-refractivity contribution is 7.98. The third-order valence-electron chi connectivity index (χ3n) is 4.56. The third-order valence-corrected chi connectivity index (χ3v) is 5.21. The van der Waals surface area contributed by atoms with Crippen LogP contribution >= 0.6 is 11.8 Å². The molecular weight excluding hydrogens is 372 g/mol. The highest BCUT2D eigenvalue weighted by atomic mass is 32.2. The first-order valence-corrected chi connectivity index (χ1v) is 11.0. The van der Waals surface area contributed by atoms with Crippen LogP contribution in [-0.2, 0) is 4.79 Å². The summed E-state index contributed by atoms with van der Waals surface area (Å²) in [4.78, 5) is 25.4. The molecule has 0 radical (unpaired) electrons. The van der Waals surface area contributed by atoms with E-state index in [9.17, 15) is 9.59 Å². The largest absolute Gasteiger partial charge is 0.459 e. The topological polar surface area (TPSA) is 71.3 Å². The lowest BCUT2D eigenvalue weighted by Gasteiger charge is -2.26. The molecule has 0 aliphatic rings. The van der Waals surface area contributed by atoms with Gasteiger partial charge >= 0.3 is 0 Å². The van der Waals surface area contributed by atoms with Crippen LogP contribution in [0.1, 0.15) is 54.4 Å². The van der Waals surface area contributed by atoms with Gasteiger partial charge in [-0.25, -0.2) is 0 Å². The Morgan fingerprint density at radius 3 is 2.46 bits per heavy atom. The molecule has 0 aliphatic heterocycles. The van der Waals surface area contributed by atoms with Crippen LogP contribution in [0.2, 0.25) is 0 Å². The molecule has 0 bridgehead atoms. The Morgan fingerprint density at radius 1 is 1.11 bits per heavy atom. The van der Waals surface area contributed by atoms with E-state index < -0.39 is 6.04 Å². The SMILES string of the molecule is CSCCC(NC(=O)c1ccco1)C(=O)NC(CC(C)C)c1ccccc1C. The van der Waals surface area contributed by atoms with Crippen LogP contribution in [0.15, 0.2) is 47.1 Å². The summed E-state index contributed by atoms with van der Waals surface area (Å²) in [6, 6.07) is 10.6. The van der Waals surface area contributed by atoms with Gasteiger partial charge < -0.3 is 15.1 Å². The molecule has 2 amide bonds. The first-order chi connectivity index (χ1) is 13.4. The summed E-state index contributed by atoms with van der Waals surface area (Å²) in [6.07, 6.45) is 4.82. The Balaban J connectivity index is 2.15. The lowest BCUT2D eigenvalue weighted by atomic mass is 9.93. The predicted octanol–water partition coefficient (Wildman–Crippen LogP) is 4.34. The molecule has 6 heteroatoms. The van der Waals surface area contributed by atoms with Gasteiger partial charge in [0.1, 0.15) is 6.04 Å². The number of aryl methyl sites for hydroxylation is 1. The molecule has 2 N–H and O–H groups in total. The van der Waals surface area contributed by atoms with Crippen molar-refractivity contribution in [2.24, 2.45) is 5.92 Å². The maximum atomic E-state index is 13.1. The lowest BCUT2D eigenvalue weighted by Crippen LogP contribution is -2.48. The minimum absolute atomic E-state index is 0.0917. The summed E-state index contributed by atoms with van der Waals surface area (Å²) in [5, 5.41) is 5.99. The van der Waals surface area contributed by atoms with Crippen molar-refractivity contribution in [3.05, 3.63) is 59.5 Å². The van der Waals surface area contributed by atoms with E-state index in [1.807, 2.05) is 18.4 Å². The fraction of sp³-hybridized carbons (Fsp3) is 0.455. The van der Waals surface area contributed by atoms with Gasteiger partial charge in [0, 0.05) is 0 Å². The standard InChI is InChI=1S/C22H30N2O3S/c1-15(2)14-19(17-9-6-5-8-16(17)3)24-21(25)18(11-13-28-4)23-22(26)20-10-7-12-27-20/h5-10,12,15,18-19H,11,13-14H2,1-4H3,(H,23,26)(H,24,25). The van der Waals surface area contributed by atoms with Gasteiger partial charge in [0.2, 0.25) is 5.91 Å². The van der Waals surface area contributed by atoms with E-state index in [0.29, 0.717) is 12.3 Å². The van der Waals surface area contributed by atoms with Crippen LogP contribution in [0.3, 0.4) is 0 Å². The first-order valence-electron chi connectivity index (χ1n) is 9.61. The van der Waals surface area contributed by atoms with Crippen molar-refractivity contribution in [1.82, 2.24) is 10.6 Å². The molecule has 2 atom stereocenters. The van der Waals surface area contributed by atoms with Gasteiger partial charge in [-0.3, -0.25) is 9.59 Å². The molecule has 5 nitrogen and oxygen atoms in total. The van der Waals surface area contributed by atoms with Crippen LogP contribution in [0.4, 0.5) is 0 Å².